The van der Waals surface area contributed by atoms with Crippen LogP contribution >= 0.6 is 0 Å². The third-order valence-electron chi connectivity index (χ3n) is 1.42. The van der Waals surface area contributed by atoms with Gasteiger partial charge >= 0.3 is 0 Å². The van der Waals surface area contributed by atoms with Crippen molar-refractivity contribution in [3.8, 4) is 0 Å². The van der Waals surface area contributed by atoms with Gasteiger partial charge in [-0.25, -0.2) is 0 Å². The van der Waals surface area contributed by atoms with Crippen LogP contribution in [0.5, 0.6) is 0 Å². The fourth-order valence-electron chi connectivity index (χ4n) is 0.481. The summed E-state index contributed by atoms with van der Waals surface area (Å²) in [6.45, 7) is 5.28. The first kappa shape index (κ1) is 4.13. The molecule has 1 rings (SSSR count). The van der Waals surface area contributed by atoms with E-state index < -0.39 is 0 Å². The zero-order valence-corrected chi connectivity index (χ0v) is 4.27. The molecule has 0 saturated carbocycles. The van der Waals surface area contributed by atoms with E-state index in [-0.39, 0.29) is 0 Å². The van der Waals surface area contributed by atoms with Gasteiger partial charge in [0.2, 0.25) is 0 Å². The molecule has 0 amide bonds. The van der Waals surface area contributed by atoms with E-state index in [0.29, 0.717) is 6.10 Å². The molecular weight excluding hydrogens is 76.1 g/mol. The van der Waals surface area contributed by atoms with Gasteiger partial charge in [0, 0.05) is 5.92 Å². The molecule has 0 aromatic carbocycles. The lowest BCUT2D eigenvalue weighted by molar-refractivity contribution is -0.0937. The predicted molar refractivity (Wildman–Crippen MR) is 24.6 cm³/mol. The normalized spacial score (nSPS) is 45.0. The molecule has 1 heteroatoms. The van der Waals surface area contributed by atoms with Gasteiger partial charge in [-0.2, -0.15) is 0 Å². The summed E-state index contributed by atoms with van der Waals surface area (Å²) in [5.41, 5.74) is 0. The Morgan fingerprint density at radius 3 is 2.00 bits per heavy atom. The van der Waals surface area contributed by atoms with E-state index in [2.05, 4.69) is 13.8 Å². The highest BCUT2D eigenvalue weighted by Crippen LogP contribution is 2.17. The maximum Gasteiger partial charge on any atom is 0.0594 e. The van der Waals surface area contributed by atoms with Crippen LogP contribution in [0.15, 0.2) is 0 Å². The Hall–Kier alpha value is -0.0400. The molecule has 0 bridgehead atoms. The van der Waals surface area contributed by atoms with Gasteiger partial charge in [-0.15, -0.1) is 0 Å². The summed E-state index contributed by atoms with van der Waals surface area (Å²) in [5, 5.41) is 0. The van der Waals surface area contributed by atoms with Gasteiger partial charge in [-0.3, -0.25) is 0 Å². The summed E-state index contributed by atoms with van der Waals surface area (Å²) >= 11 is 0. The van der Waals surface area contributed by atoms with Crippen LogP contribution in [-0.4, -0.2) is 12.7 Å². The molecule has 0 radical (unpaired) electrons. The maximum atomic E-state index is 5.04. The van der Waals surface area contributed by atoms with Crippen molar-refractivity contribution in [1.82, 2.24) is 0 Å². The van der Waals surface area contributed by atoms with Crippen molar-refractivity contribution in [2.75, 3.05) is 6.61 Å². The molecule has 1 saturated heterocycles. The van der Waals surface area contributed by atoms with E-state index in [9.17, 15) is 0 Å². The predicted octanol–water partition coefficient (Wildman–Crippen LogP) is 1.04. The van der Waals surface area contributed by atoms with E-state index in [1.54, 1.807) is 0 Å². The van der Waals surface area contributed by atoms with Gasteiger partial charge in [0.15, 0.2) is 0 Å². The summed E-state index contributed by atoms with van der Waals surface area (Å²) in [6.07, 6.45) is 0.532. The lowest BCUT2D eigenvalue weighted by Gasteiger charge is -2.30. The number of ether oxygens (including phenoxy) is 1. The van der Waals surface area contributed by atoms with Gasteiger partial charge in [0.1, 0.15) is 0 Å². The Morgan fingerprint density at radius 2 is 2.00 bits per heavy atom. The van der Waals surface area contributed by atoms with E-state index in [0.717, 1.165) is 12.5 Å². The van der Waals surface area contributed by atoms with Crippen LogP contribution in [0.25, 0.3) is 0 Å². The first-order valence-corrected chi connectivity index (χ1v) is 2.42. The number of rotatable bonds is 0. The molecule has 0 aromatic heterocycles. The second-order valence-corrected chi connectivity index (χ2v) is 2.02. The maximum absolute atomic E-state index is 5.04. The minimum atomic E-state index is 0.532. The van der Waals surface area contributed by atoms with Crippen molar-refractivity contribution in [3.63, 3.8) is 0 Å². The average molecular weight is 86.1 g/mol. The van der Waals surface area contributed by atoms with Crippen LogP contribution in [0, 0.1) is 5.92 Å². The topological polar surface area (TPSA) is 9.23 Å². The minimum Gasteiger partial charge on any atom is -0.378 e. The van der Waals surface area contributed by atoms with Gasteiger partial charge in [-0.1, -0.05) is 6.92 Å². The Bertz CT molecular complexity index is 43.9. The van der Waals surface area contributed by atoms with Crippen LogP contribution in [-0.2, 0) is 4.74 Å². The van der Waals surface area contributed by atoms with Crippen LogP contribution in [0.1, 0.15) is 13.8 Å². The Kier molecular flexibility index (Phi) is 0.845. The van der Waals surface area contributed by atoms with E-state index in [1.165, 1.54) is 0 Å². The van der Waals surface area contributed by atoms with Crippen molar-refractivity contribution in [2.24, 2.45) is 5.92 Å². The van der Waals surface area contributed by atoms with Crippen LogP contribution in [0.3, 0.4) is 0 Å². The Labute approximate surface area is 38.3 Å². The zero-order chi connectivity index (χ0) is 4.57. The highest BCUT2D eigenvalue weighted by Gasteiger charge is 2.21. The fraction of sp³-hybridized carbons (Fsp3) is 1.00. The van der Waals surface area contributed by atoms with Gasteiger partial charge < -0.3 is 4.74 Å². The molecule has 0 aliphatic carbocycles. The van der Waals surface area contributed by atoms with Crippen molar-refractivity contribution in [3.05, 3.63) is 0 Å². The van der Waals surface area contributed by atoms with Crippen LogP contribution in [0.4, 0.5) is 0 Å². The van der Waals surface area contributed by atoms with E-state index >= 15 is 0 Å². The second kappa shape index (κ2) is 1.23. The standard InChI is InChI=1S/C5H10O/c1-4-3-6-5(4)2/h4-5H,3H2,1-2H3/t4-,5+/m0/s1. The number of hydrogen-bond donors (Lipinski definition) is 0. The highest BCUT2D eigenvalue weighted by molar-refractivity contribution is 4.68. The summed E-state index contributed by atoms with van der Waals surface area (Å²) in [5.74, 6) is 0.810. The van der Waals surface area contributed by atoms with Gasteiger partial charge in [0.25, 0.3) is 0 Å². The molecule has 0 aromatic rings. The Balaban J connectivity index is 2.20. The number of hydrogen-bond acceptors (Lipinski definition) is 1. The molecule has 0 unspecified atom stereocenters. The zero-order valence-electron chi connectivity index (χ0n) is 4.27. The van der Waals surface area contributed by atoms with E-state index in [4.69, 9.17) is 4.74 Å². The van der Waals surface area contributed by atoms with Gasteiger partial charge in [0.05, 0.1) is 12.7 Å². The fourth-order valence-corrected chi connectivity index (χ4v) is 0.481. The highest BCUT2D eigenvalue weighted by atomic mass is 16.5. The molecule has 6 heavy (non-hydrogen) atoms. The van der Waals surface area contributed by atoms with Crippen molar-refractivity contribution in [1.29, 1.82) is 0 Å². The molecule has 0 N–H and O–H groups in total. The molecule has 1 aliphatic heterocycles. The summed E-state index contributed by atoms with van der Waals surface area (Å²) < 4.78 is 5.04. The Morgan fingerprint density at radius 1 is 1.50 bits per heavy atom. The van der Waals surface area contributed by atoms with Crippen molar-refractivity contribution < 1.29 is 4.74 Å². The molecule has 0 spiro atoms. The molecule has 1 nitrogen and oxygen atoms in total. The van der Waals surface area contributed by atoms with Crippen LogP contribution in [0.2, 0.25) is 0 Å². The molecule has 1 aliphatic rings. The molecular formula is C5H10O. The molecule has 2 atom stereocenters. The third-order valence-corrected chi connectivity index (χ3v) is 1.42. The summed E-state index contributed by atoms with van der Waals surface area (Å²) in [6, 6.07) is 0. The lowest BCUT2D eigenvalue weighted by Crippen LogP contribution is -2.34. The lowest BCUT2D eigenvalue weighted by atomic mass is 10.0. The van der Waals surface area contributed by atoms with E-state index in [1.807, 2.05) is 0 Å². The third kappa shape index (κ3) is 0.432. The largest absolute Gasteiger partial charge is 0.378 e. The average Bonchev–Trinajstić information content (AvgIpc) is 1.61. The second-order valence-electron chi connectivity index (χ2n) is 2.02. The summed E-state index contributed by atoms with van der Waals surface area (Å²) in [7, 11) is 0. The van der Waals surface area contributed by atoms with Gasteiger partial charge in [-0.05, 0) is 6.92 Å². The molecule has 36 valence electrons. The smallest absolute Gasteiger partial charge is 0.0594 e. The first-order valence-electron chi connectivity index (χ1n) is 2.42. The quantitative estimate of drug-likeness (QED) is 0.428. The molecule has 1 heterocycles. The minimum absolute atomic E-state index is 0.532. The first-order chi connectivity index (χ1) is 2.80. The SMILES string of the molecule is C[C@H]1CO[C@@H]1C. The monoisotopic (exact) mass is 86.1 g/mol. The van der Waals surface area contributed by atoms with Crippen molar-refractivity contribution >= 4 is 0 Å². The van der Waals surface area contributed by atoms with Crippen LogP contribution < -0.4 is 0 Å². The van der Waals surface area contributed by atoms with Crippen molar-refractivity contribution in [2.45, 2.75) is 20.0 Å². The summed E-state index contributed by atoms with van der Waals surface area (Å²) in [4.78, 5) is 0. The molecule has 1 fully saturated rings.